The third kappa shape index (κ3) is 2.63. The molecule has 3 nitrogen and oxygen atoms in total. The highest BCUT2D eigenvalue weighted by Gasteiger charge is 2.05. The van der Waals surface area contributed by atoms with Crippen LogP contribution in [0, 0.1) is 3.57 Å². The molecule has 0 saturated heterocycles. The zero-order valence-corrected chi connectivity index (χ0v) is 12.2. The first-order valence-corrected chi connectivity index (χ1v) is 6.88. The first-order valence-electron chi connectivity index (χ1n) is 5.80. The molecule has 4 heteroatoms. The number of halogens is 1. The molecule has 2 N–H and O–H groups in total. The predicted octanol–water partition coefficient (Wildman–Crippen LogP) is 4.21. The second kappa shape index (κ2) is 5.05. The molecule has 3 aromatic rings. The Bertz CT molecular complexity index is 743. The van der Waals surface area contributed by atoms with Gasteiger partial charge in [-0.3, -0.25) is 4.98 Å². The number of nitrogens with two attached hydrogens (primary N) is 1. The maximum Gasteiger partial charge on any atom is 0.138 e. The minimum absolute atomic E-state index is 0.700. The quantitative estimate of drug-likeness (QED) is 0.549. The molecule has 0 spiro atoms. The largest absolute Gasteiger partial charge is 0.457 e. The van der Waals surface area contributed by atoms with Gasteiger partial charge in [0.2, 0.25) is 0 Å². The van der Waals surface area contributed by atoms with Gasteiger partial charge in [-0.05, 0) is 65.1 Å². The highest BCUT2D eigenvalue weighted by Crippen LogP contribution is 2.30. The Labute approximate surface area is 124 Å². The topological polar surface area (TPSA) is 48.1 Å². The Morgan fingerprint density at radius 3 is 2.79 bits per heavy atom. The highest BCUT2D eigenvalue weighted by molar-refractivity contribution is 14.1. The van der Waals surface area contributed by atoms with Gasteiger partial charge in [-0.25, -0.2) is 0 Å². The summed E-state index contributed by atoms with van der Waals surface area (Å²) in [6.07, 6.45) is 1.73. The molecule has 0 bridgehead atoms. The van der Waals surface area contributed by atoms with E-state index in [1.807, 2.05) is 48.5 Å². The molecule has 0 aliphatic rings. The van der Waals surface area contributed by atoms with E-state index in [0.29, 0.717) is 5.69 Å². The smallest absolute Gasteiger partial charge is 0.138 e. The van der Waals surface area contributed by atoms with Gasteiger partial charge in [0, 0.05) is 20.8 Å². The average molecular weight is 362 g/mol. The van der Waals surface area contributed by atoms with E-state index >= 15 is 0 Å². The number of hydrogen-bond acceptors (Lipinski definition) is 3. The van der Waals surface area contributed by atoms with E-state index in [0.717, 1.165) is 26.0 Å². The summed E-state index contributed by atoms with van der Waals surface area (Å²) in [6.45, 7) is 0. The summed E-state index contributed by atoms with van der Waals surface area (Å²) in [5.74, 6) is 1.60. The minimum Gasteiger partial charge on any atom is -0.457 e. The van der Waals surface area contributed by atoms with Gasteiger partial charge in [-0.2, -0.15) is 0 Å². The van der Waals surface area contributed by atoms with Gasteiger partial charge in [0.15, 0.2) is 0 Å². The standard InChI is InChI=1S/C15H11IN2O/c16-10-2-1-3-12(8-10)19-15-6-7-18-14-9-11(17)4-5-13(14)15/h1-9H,17H2. The number of nitrogens with zero attached hydrogens (tertiary/aromatic N) is 1. The summed E-state index contributed by atoms with van der Waals surface area (Å²) in [5.41, 5.74) is 7.30. The Hall–Kier alpha value is -1.82. The van der Waals surface area contributed by atoms with E-state index in [4.69, 9.17) is 10.5 Å². The van der Waals surface area contributed by atoms with Crippen molar-refractivity contribution in [3.63, 3.8) is 0 Å². The summed E-state index contributed by atoms with van der Waals surface area (Å²) in [4.78, 5) is 4.30. The monoisotopic (exact) mass is 362 g/mol. The third-order valence-electron chi connectivity index (χ3n) is 2.75. The van der Waals surface area contributed by atoms with Crippen LogP contribution in [0.4, 0.5) is 5.69 Å². The van der Waals surface area contributed by atoms with Crippen LogP contribution < -0.4 is 10.5 Å². The van der Waals surface area contributed by atoms with E-state index in [2.05, 4.69) is 27.6 Å². The van der Waals surface area contributed by atoms with Crippen molar-refractivity contribution < 1.29 is 4.74 Å². The molecule has 0 atom stereocenters. The van der Waals surface area contributed by atoms with Crippen LogP contribution in [0.1, 0.15) is 0 Å². The lowest BCUT2D eigenvalue weighted by atomic mass is 10.2. The van der Waals surface area contributed by atoms with Crippen molar-refractivity contribution in [3.8, 4) is 11.5 Å². The van der Waals surface area contributed by atoms with Gasteiger partial charge in [-0.15, -0.1) is 0 Å². The van der Waals surface area contributed by atoms with Crippen LogP contribution >= 0.6 is 22.6 Å². The van der Waals surface area contributed by atoms with Crippen LogP contribution in [0.5, 0.6) is 11.5 Å². The van der Waals surface area contributed by atoms with Gasteiger partial charge >= 0.3 is 0 Å². The molecular formula is C15H11IN2O. The molecular weight excluding hydrogens is 351 g/mol. The van der Waals surface area contributed by atoms with E-state index < -0.39 is 0 Å². The number of nitrogen functional groups attached to an aromatic ring is 1. The Kier molecular flexibility index (Phi) is 3.25. The summed E-state index contributed by atoms with van der Waals surface area (Å²) >= 11 is 2.26. The number of hydrogen-bond donors (Lipinski definition) is 1. The van der Waals surface area contributed by atoms with Crippen molar-refractivity contribution in [2.75, 3.05) is 5.73 Å². The lowest BCUT2D eigenvalue weighted by Gasteiger charge is -2.09. The molecule has 0 amide bonds. The van der Waals surface area contributed by atoms with Crippen molar-refractivity contribution in [1.29, 1.82) is 0 Å². The van der Waals surface area contributed by atoms with Crippen molar-refractivity contribution in [1.82, 2.24) is 4.98 Å². The molecule has 1 heterocycles. The van der Waals surface area contributed by atoms with Crippen molar-refractivity contribution in [2.45, 2.75) is 0 Å². The molecule has 0 aliphatic heterocycles. The number of aromatic nitrogens is 1. The van der Waals surface area contributed by atoms with Crippen LogP contribution in [0.3, 0.4) is 0 Å². The van der Waals surface area contributed by atoms with Crippen molar-refractivity contribution >= 4 is 39.2 Å². The SMILES string of the molecule is Nc1ccc2c(Oc3cccc(I)c3)ccnc2c1. The average Bonchev–Trinajstić information content (AvgIpc) is 2.38. The first-order chi connectivity index (χ1) is 9.22. The molecule has 94 valence electrons. The number of rotatable bonds is 2. The molecule has 0 aliphatic carbocycles. The molecule has 0 unspecified atom stereocenters. The maximum absolute atomic E-state index is 5.93. The Balaban J connectivity index is 2.06. The molecule has 1 aromatic heterocycles. The van der Waals surface area contributed by atoms with E-state index in [1.54, 1.807) is 6.20 Å². The van der Waals surface area contributed by atoms with Crippen LogP contribution in [0.15, 0.2) is 54.7 Å². The van der Waals surface area contributed by atoms with Crippen LogP contribution in [0.2, 0.25) is 0 Å². The maximum atomic E-state index is 5.93. The summed E-state index contributed by atoms with van der Waals surface area (Å²) in [7, 11) is 0. The fraction of sp³-hybridized carbons (Fsp3) is 0. The number of ether oxygens (including phenoxy) is 1. The zero-order chi connectivity index (χ0) is 13.2. The number of fused-ring (bicyclic) bond motifs is 1. The number of anilines is 1. The lowest BCUT2D eigenvalue weighted by molar-refractivity contribution is 0.487. The molecule has 2 aromatic carbocycles. The fourth-order valence-corrected chi connectivity index (χ4v) is 2.40. The van der Waals surface area contributed by atoms with Crippen LogP contribution in [-0.2, 0) is 0 Å². The lowest BCUT2D eigenvalue weighted by Crippen LogP contribution is -1.90. The van der Waals surface area contributed by atoms with Crippen molar-refractivity contribution in [2.24, 2.45) is 0 Å². The van der Waals surface area contributed by atoms with Gasteiger partial charge in [0.25, 0.3) is 0 Å². The van der Waals surface area contributed by atoms with Gasteiger partial charge < -0.3 is 10.5 Å². The van der Waals surface area contributed by atoms with E-state index in [-0.39, 0.29) is 0 Å². The van der Waals surface area contributed by atoms with E-state index in [1.165, 1.54) is 0 Å². The third-order valence-corrected chi connectivity index (χ3v) is 3.42. The first kappa shape index (κ1) is 12.2. The zero-order valence-electron chi connectivity index (χ0n) is 10.0. The van der Waals surface area contributed by atoms with Gasteiger partial charge in [-0.1, -0.05) is 6.07 Å². The van der Waals surface area contributed by atoms with Crippen LogP contribution in [-0.4, -0.2) is 4.98 Å². The molecule has 0 radical (unpaired) electrons. The number of benzene rings is 2. The summed E-state index contributed by atoms with van der Waals surface area (Å²) in [6, 6.07) is 15.4. The molecule has 0 fully saturated rings. The second-order valence-corrected chi connectivity index (χ2v) is 5.39. The Morgan fingerprint density at radius 1 is 1.05 bits per heavy atom. The molecule has 19 heavy (non-hydrogen) atoms. The fourth-order valence-electron chi connectivity index (χ4n) is 1.89. The van der Waals surface area contributed by atoms with Crippen molar-refractivity contribution in [3.05, 3.63) is 58.3 Å². The Morgan fingerprint density at radius 2 is 1.95 bits per heavy atom. The van der Waals surface area contributed by atoms with Crippen LogP contribution in [0.25, 0.3) is 10.9 Å². The normalized spacial score (nSPS) is 10.6. The highest BCUT2D eigenvalue weighted by atomic mass is 127. The number of pyridine rings is 1. The second-order valence-electron chi connectivity index (χ2n) is 4.15. The molecule has 3 rings (SSSR count). The van der Waals surface area contributed by atoms with Gasteiger partial charge in [0.1, 0.15) is 11.5 Å². The minimum atomic E-state index is 0.700. The summed E-state index contributed by atoms with van der Waals surface area (Å²) < 4.78 is 7.06. The molecule has 0 saturated carbocycles. The van der Waals surface area contributed by atoms with Gasteiger partial charge in [0.05, 0.1) is 5.52 Å². The predicted molar refractivity (Wildman–Crippen MR) is 85.4 cm³/mol. The van der Waals surface area contributed by atoms with E-state index in [9.17, 15) is 0 Å². The summed E-state index contributed by atoms with van der Waals surface area (Å²) in [5, 5.41) is 0.954.